The van der Waals surface area contributed by atoms with Crippen LogP contribution in [0.4, 0.5) is 10.5 Å². The number of amides is 1. The van der Waals surface area contributed by atoms with E-state index >= 15 is 0 Å². The molecule has 0 bridgehead atoms. The van der Waals surface area contributed by atoms with Crippen molar-refractivity contribution in [2.75, 3.05) is 17.7 Å². The number of thioether (sulfide) groups is 1. The van der Waals surface area contributed by atoms with E-state index in [1.54, 1.807) is 30.5 Å². The first kappa shape index (κ1) is 28.3. The van der Waals surface area contributed by atoms with Gasteiger partial charge in [0.1, 0.15) is 11.6 Å². The zero-order valence-corrected chi connectivity index (χ0v) is 22.2. The summed E-state index contributed by atoms with van der Waals surface area (Å²) in [5.41, 5.74) is 3.06. The highest BCUT2D eigenvalue weighted by Gasteiger charge is 2.38. The fourth-order valence-corrected chi connectivity index (χ4v) is 5.34. The maximum Gasteiger partial charge on any atom is 0.411 e. The predicted octanol–water partition coefficient (Wildman–Crippen LogP) is 5.59. The summed E-state index contributed by atoms with van der Waals surface area (Å²) in [6.45, 7) is 5.59. The number of carbonyl (C=O) groups excluding carboxylic acids is 1. The monoisotopic (exact) mass is 550 g/mol. The molecule has 3 aromatic rings. The van der Waals surface area contributed by atoms with Crippen molar-refractivity contribution in [1.29, 1.82) is 0 Å². The number of nitrogens with zero attached hydrogens (tertiary/aromatic N) is 1. The number of rotatable bonds is 10. The number of carbonyl (C=O) groups is 2. The molecule has 1 aliphatic rings. The Kier molecular flexibility index (Phi) is 9.72. The maximum absolute atomic E-state index is 12.0. The van der Waals surface area contributed by atoms with Gasteiger partial charge in [0, 0.05) is 29.1 Å². The van der Waals surface area contributed by atoms with Gasteiger partial charge in [0.05, 0.1) is 24.4 Å². The highest BCUT2D eigenvalue weighted by Crippen LogP contribution is 2.43. The van der Waals surface area contributed by atoms with E-state index < -0.39 is 18.4 Å². The van der Waals surface area contributed by atoms with Crippen molar-refractivity contribution in [1.82, 2.24) is 4.98 Å². The van der Waals surface area contributed by atoms with Gasteiger partial charge in [-0.25, -0.2) is 14.6 Å². The Morgan fingerprint density at radius 3 is 2.64 bits per heavy atom. The fourth-order valence-electron chi connectivity index (χ4n) is 4.19. The molecular weight excluding hydrogens is 520 g/mol. The molecule has 9 nitrogen and oxygen atoms in total. The number of aromatic carboxylic acids is 1. The molecule has 0 unspecified atom stereocenters. The Labute approximate surface area is 230 Å². The van der Waals surface area contributed by atoms with Crippen LogP contribution in [-0.4, -0.2) is 45.7 Å². The smallest absolute Gasteiger partial charge is 0.411 e. The van der Waals surface area contributed by atoms with Gasteiger partial charge in [-0.3, -0.25) is 5.32 Å². The van der Waals surface area contributed by atoms with Crippen LogP contribution in [0.25, 0.3) is 0 Å². The zero-order valence-electron chi connectivity index (χ0n) is 21.4. The normalized spacial score (nSPS) is 20.7. The molecule has 1 aromatic heterocycles. The topological polar surface area (TPSA) is 127 Å². The quantitative estimate of drug-likeness (QED) is 0.219. The van der Waals surface area contributed by atoms with Crippen molar-refractivity contribution in [3.63, 3.8) is 0 Å². The van der Waals surface area contributed by atoms with E-state index in [1.807, 2.05) is 37.3 Å². The van der Waals surface area contributed by atoms with Crippen LogP contribution in [0.3, 0.4) is 0 Å². The average Bonchev–Trinajstić information content (AvgIpc) is 2.96. The summed E-state index contributed by atoms with van der Waals surface area (Å²) < 4.78 is 17.9. The Hall–Kier alpha value is -3.70. The van der Waals surface area contributed by atoms with Crippen LogP contribution in [-0.2, 0) is 20.8 Å². The van der Waals surface area contributed by atoms with Crippen molar-refractivity contribution >= 4 is 29.5 Å². The number of carboxylic acid groups (broad SMARTS) is 1. The third-order valence-electron chi connectivity index (χ3n) is 6.25. The SMILES string of the molecule is C=CCOC(=O)Nc1cccc([C@H]2O[C@@H](CSc3ncccc3C(=O)O)[C@@H](C)[C@@H](c3ccc(CO)cc3)O2)c1. The van der Waals surface area contributed by atoms with Gasteiger partial charge in [-0.2, -0.15) is 0 Å². The van der Waals surface area contributed by atoms with E-state index in [4.69, 9.17) is 14.2 Å². The van der Waals surface area contributed by atoms with Gasteiger partial charge in [0.15, 0.2) is 6.29 Å². The number of hydrogen-bond donors (Lipinski definition) is 3. The van der Waals surface area contributed by atoms with Crippen LogP contribution in [0, 0.1) is 5.92 Å². The standard InChI is InChI=1S/C29H30N2O7S/c1-3-14-36-29(35)31-22-7-4-6-21(15-22)28-37-24(17-39-26-23(27(33)34)8-5-13-30-26)18(2)25(38-28)20-11-9-19(16-32)10-12-20/h3-13,15,18,24-25,28,32H,1,14,16-17H2,2H3,(H,31,35)(H,33,34)/t18-,24+,25+,28+/m1/s1. The van der Waals surface area contributed by atoms with Gasteiger partial charge >= 0.3 is 12.1 Å². The summed E-state index contributed by atoms with van der Waals surface area (Å²) in [7, 11) is 0. The summed E-state index contributed by atoms with van der Waals surface area (Å²) in [4.78, 5) is 27.9. The number of pyridine rings is 1. The Balaban J connectivity index is 1.59. The molecule has 2 aromatic carbocycles. The number of ether oxygens (including phenoxy) is 3. The maximum atomic E-state index is 12.0. The van der Waals surface area contributed by atoms with Crippen molar-refractivity contribution in [2.24, 2.45) is 5.92 Å². The number of aliphatic hydroxyl groups excluding tert-OH is 1. The molecular formula is C29H30N2O7S. The number of carboxylic acids is 1. The molecule has 0 saturated carbocycles. The van der Waals surface area contributed by atoms with Crippen LogP contribution in [0.2, 0.25) is 0 Å². The lowest BCUT2D eigenvalue weighted by Gasteiger charge is -2.41. The summed E-state index contributed by atoms with van der Waals surface area (Å²) in [5, 5.41) is 22.1. The zero-order chi connectivity index (χ0) is 27.8. The molecule has 0 radical (unpaired) electrons. The second-order valence-electron chi connectivity index (χ2n) is 8.93. The predicted molar refractivity (Wildman–Crippen MR) is 146 cm³/mol. The van der Waals surface area contributed by atoms with Crippen LogP contribution >= 0.6 is 11.8 Å². The third-order valence-corrected chi connectivity index (χ3v) is 7.34. The molecule has 4 atom stereocenters. The molecule has 204 valence electrons. The van der Waals surface area contributed by atoms with Crippen LogP contribution < -0.4 is 5.32 Å². The molecule has 4 rings (SSSR count). The van der Waals surface area contributed by atoms with Crippen molar-refractivity contribution in [2.45, 2.75) is 37.1 Å². The lowest BCUT2D eigenvalue weighted by atomic mass is 9.91. The van der Waals surface area contributed by atoms with E-state index in [2.05, 4.69) is 16.9 Å². The molecule has 1 amide bonds. The molecule has 1 saturated heterocycles. The van der Waals surface area contributed by atoms with Crippen LogP contribution in [0.5, 0.6) is 0 Å². The van der Waals surface area contributed by atoms with Crippen molar-refractivity contribution < 1.29 is 34.0 Å². The molecule has 10 heteroatoms. The lowest BCUT2D eigenvalue weighted by molar-refractivity contribution is -0.268. The minimum atomic E-state index is -1.04. The van der Waals surface area contributed by atoms with Gasteiger partial charge in [0.25, 0.3) is 0 Å². The molecule has 1 aliphatic heterocycles. The summed E-state index contributed by atoms with van der Waals surface area (Å²) >= 11 is 1.32. The van der Waals surface area contributed by atoms with Crippen molar-refractivity contribution in [3.8, 4) is 0 Å². The highest BCUT2D eigenvalue weighted by atomic mass is 32.2. The minimum Gasteiger partial charge on any atom is -0.478 e. The summed E-state index contributed by atoms with van der Waals surface area (Å²) in [6, 6.07) is 17.8. The minimum absolute atomic E-state index is 0.0582. The molecule has 0 spiro atoms. The lowest BCUT2D eigenvalue weighted by Crippen LogP contribution is -2.38. The number of aromatic nitrogens is 1. The van der Waals surface area contributed by atoms with Crippen LogP contribution in [0.15, 0.2) is 84.5 Å². The second kappa shape index (κ2) is 13.4. The first-order valence-electron chi connectivity index (χ1n) is 12.4. The number of benzene rings is 2. The number of aliphatic hydroxyl groups is 1. The largest absolute Gasteiger partial charge is 0.478 e. The van der Waals surface area contributed by atoms with E-state index in [0.29, 0.717) is 22.0 Å². The second-order valence-corrected chi connectivity index (χ2v) is 9.94. The van der Waals surface area contributed by atoms with Gasteiger partial charge < -0.3 is 24.4 Å². The van der Waals surface area contributed by atoms with Gasteiger partial charge in [0.2, 0.25) is 0 Å². The Morgan fingerprint density at radius 2 is 1.92 bits per heavy atom. The van der Waals surface area contributed by atoms with Gasteiger partial charge in [-0.05, 0) is 35.4 Å². The van der Waals surface area contributed by atoms with Crippen LogP contribution in [0.1, 0.15) is 46.4 Å². The Morgan fingerprint density at radius 1 is 1.13 bits per heavy atom. The third kappa shape index (κ3) is 7.24. The highest BCUT2D eigenvalue weighted by molar-refractivity contribution is 7.99. The fraction of sp³-hybridized carbons (Fsp3) is 0.276. The summed E-state index contributed by atoms with van der Waals surface area (Å²) in [5.74, 6) is -0.696. The molecule has 0 aliphatic carbocycles. The molecule has 1 fully saturated rings. The number of anilines is 1. The van der Waals surface area contributed by atoms with Crippen molar-refractivity contribution in [3.05, 3.63) is 102 Å². The van der Waals surface area contributed by atoms with Gasteiger partial charge in [-0.15, -0.1) is 11.8 Å². The first-order chi connectivity index (χ1) is 18.9. The van der Waals surface area contributed by atoms with E-state index in [0.717, 1.165) is 11.1 Å². The van der Waals surface area contributed by atoms with E-state index in [9.17, 15) is 19.8 Å². The number of hydrogen-bond acceptors (Lipinski definition) is 8. The number of nitrogens with one attached hydrogen (secondary N) is 1. The van der Waals surface area contributed by atoms with E-state index in [-0.39, 0.29) is 36.9 Å². The molecule has 3 N–H and O–H groups in total. The first-order valence-corrected chi connectivity index (χ1v) is 13.3. The average molecular weight is 551 g/mol. The molecule has 2 heterocycles. The summed E-state index contributed by atoms with van der Waals surface area (Å²) in [6.07, 6.45) is 1.01. The van der Waals surface area contributed by atoms with E-state index in [1.165, 1.54) is 23.9 Å². The Bertz CT molecular complexity index is 1300. The van der Waals surface area contributed by atoms with Gasteiger partial charge in [-0.1, -0.05) is 56.0 Å². The molecule has 39 heavy (non-hydrogen) atoms.